The molecular formula is C15H21FN2O3. The monoisotopic (exact) mass is 296 g/mol. The maximum Gasteiger partial charge on any atom is 0.238 e. The second-order valence-corrected chi connectivity index (χ2v) is 4.96. The van der Waals surface area contributed by atoms with E-state index in [2.05, 4.69) is 5.32 Å². The number of hydrogen-bond donors (Lipinski definition) is 1. The van der Waals surface area contributed by atoms with E-state index in [1.165, 1.54) is 13.2 Å². The first-order chi connectivity index (χ1) is 10.2. The Balaban J connectivity index is 2.06. The van der Waals surface area contributed by atoms with Crippen LogP contribution < -0.4 is 10.1 Å². The van der Waals surface area contributed by atoms with Crippen LogP contribution in [0.25, 0.3) is 0 Å². The number of carbonyl (C=O) groups is 1. The highest BCUT2D eigenvalue weighted by Crippen LogP contribution is 2.26. The van der Waals surface area contributed by atoms with E-state index in [1.807, 2.05) is 0 Å². The van der Waals surface area contributed by atoms with Crippen molar-refractivity contribution < 1.29 is 18.7 Å². The van der Waals surface area contributed by atoms with Crippen molar-refractivity contribution in [1.29, 1.82) is 0 Å². The van der Waals surface area contributed by atoms with Gasteiger partial charge in [0.1, 0.15) is 6.17 Å². The molecule has 0 spiro atoms. The Bertz CT molecular complexity index is 496. The molecule has 1 unspecified atom stereocenters. The molecule has 0 bridgehead atoms. The summed E-state index contributed by atoms with van der Waals surface area (Å²) in [4.78, 5) is 13.7. The average Bonchev–Trinajstić information content (AvgIpc) is 2.85. The molecule has 0 saturated carbocycles. The summed E-state index contributed by atoms with van der Waals surface area (Å²) in [6.07, 6.45) is 1.47. The topological polar surface area (TPSA) is 50.8 Å². The van der Waals surface area contributed by atoms with E-state index in [0.717, 1.165) is 18.4 Å². The van der Waals surface area contributed by atoms with Crippen LogP contribution in [0, 0.1) is 5.82 Å². The summed E-state index contributed by atoms with van der Waals surface area (Å²) >= 11 is 0. The first-order valence-electron chi connectivity index (χ1n) is 7.02. The van der Waals surface area contributed by atoms with Gasteiger partial charge >= 0.3 is 0 Å². The zero-order valence-corrected chi connectivity index (χ0v) is 12.4. The van der Waals surface area contributed by atoms with Crippen LogP contribution in [-0.4, -0.2) is 44.7 Å². The second-order valence-electron chi connectivity index (χ2n) is 4.96. The highest BCUT2D eigenvalue weighted by molar-refractivity contribution is 5.80. The number of unbranched alkanes of at least 4 members (excludes halogenated alkanes) is 1. The Morgan fingerprint density at radius 1 is 1.38 bits per heavy atom. The molecule has 0 aromatic heterocycles. The van der Waals surface area contributed by atoms with Crippen LogP contribution in [0.15, 0.2) is 18.2 Å². The van der Waals surface area contributed by atoms with Crippen molar-refractivity contribution in [2.24, 2.45) is 0 Å². The molecular weight excluding hydrogens is 275 g/mol. The quantitative estimate of drug-likeness (QED) is 0.778. The van der Waals surface area contributed by atoms with Gasteiger partial charge in [0, 0.05) is 20.3 Å². The van der Waals surface area contributed by atoms with E-state index >= 15 is 0 Å². The van der Waals surface area contributed by atoms with Crippen molar-refractivity contribution in [2.75, 3.05) is 33.9 Å². The lowest BCUT2D eigenvalue weighted by Crippen LogP contribution is -2.31. The predicted octanol–water partition coefficient (Wildman–Crippen LogP) is 1.69. The molecule has 21 heavy (non-hydrogen) atoms. The number of nitrogens with one attached hydrogen (secondary N) is 1. The maximum absolute atomic E-state index is 13.8. The number of benzene rings is 1. The fraction of sp³-hybridized carbons (Fsp3) is 0.533. The molecule has 1 heterocycles. The van der Waals surface area contributed by atoms with Crippen LogP contribution >= 0.6 is 0 Å². The van der Waals surface area contributed by atoms with Gasteiger partial charge < -0.3 is 14.4 Å². The van der Waals surface area contributed by atoms with Gasteiger partial charge in [0.15, 0.2) is 11.6 Å². The number of carbonyl (C=O) groups excluding carboxylic acids is 1. The molecule has 0 aliphatic carbocycles. The molecule has 1 saturated heterocycles. The summed E-state index contributed by atoms with van der Waals surface area (Å²) in [6, 6.07) is 4.77. The summed E-state index contributed by atoms with van der Waals surface area (Å²) in [5.41, 5.74) is 0.728. The fourth-order valence-electron chi connectivity index (χ4n) is 2.47. The Morgan fingerprint density at radius 2 is 2.19 bits per heavy atom. The van der Waals surface area contributed by atoms with Gasteiger partial charge in [-0.3, -0.25) is 10.1 Å². The molecule has 1 aromatic rings. The highest BCUT2D eigenvalue weighted by atomic mass is 19.1. The minimum absolute atomic E-state index is 0.0358. The molecule has 1 amide bonds. The van der Waals surface area contributed by atoms with Gasteiger partial charge in [-0.1, -0.05) is 6.07 Å². The number of halogens is 1. The van der Waals surface area contributed by atoms with E-state index < -0.39 is 5.82 Å². The van der Waals surface area contributed by atoms with Crippen molar-refractivity contribution in [1.82, 2.24) is 10.2 Å². The molecule has 1 aliphatic rings. The molecule has 0 radical (unpaired) electrons. The Morgan fingerprint density at radius 3 is 2.86 bits per heavy atom. The minimum atomic E-state index is -0.421. The minimum Gasteiger partial charge on any atom is -0.494 e. The third kappa shape index (κ3) is 3.71. The smallest absolute Gasteiger partial charge is 0.238 e. The number of methoxy groups -OCH3 is 2. The standard InChI is InChI=1S/C15H21FN2O3/c1-20-8-4-3-7-18-14(19)10-17-15(18)11-5-6-13(21-2)12(16)9-11/h5-6,9,15,17H,3-4,7-8,10H2,1-2H3. The van der Waals surface area contributed by atoms with Gasteiger partial charge in [-0.25, -0.2) is 4.39 Å². The van der Waals surface area contributed by atoms with Crippen molar-refractivity contribution >= 4 is 5.91 Å². The maximum atomic E-state index is 13.8. The Hall–Kier alpha value is -1.66. The largest absolute Gasteiger partial charge is 0.494 e. The summed E-state index contributed by atoms with van der Waals surface area (Å²) in [7, 11) is 3.09. The highest BCUT2D eigenvalue weighted by Gasteiger charge is 2.31. The van der Waals surface area contributed by atoms with E-state index in [1.54, 1.807) is 24.1 Å². The van der Waals surface area contributed by atoms with Gasteiger partial charge in [-0.2, -0.15) is 0 Å². The van der Waals surface area contributed by atoms with Crippen LogP contribution in [0.4, 0.5) is 4.39 Å². The normalized spacial score (nSPS) is 18.3. The lowest BCUT2D eigenvalue weighted by molar-refractivity contribution is -0.128. The fourth-order valence-corrected chi connectivity index (χ4v) is 2.47. The SMILES string of the molecule is COCCCCN1C(=O)CNC1c1ccc(OC)c(F)c1. The number of ether oxygens (including phenoxy) is 2. The Labute approximate surface area is 124 Å². The lowest BCUT2D eigenvalue weighted by Gasteiger charge is -2.25. The lowest BCUT2D eigenvalue weighted by atomic mass is 10.1. The number of hydrogen-bond acceptors (Lipinski definition) is 4. The zero-order chi connectivity index (χ0) is 15.2. The zero-order valence-electron chi connectivity index (χ0n) is 12.4. The summed E-state index contributed by atoms with van der Waals surface area (Å²) < 4.78 is 23.7. The molecule has 1 aliphatic heterocycles. The van der Waals surface area contributed by atoms with Gasteiger partial charge in [0.25, 0.3) is 0 Å². The number of nitrogens with zero attached hydrogens (tertiary/aromatic N) is 1. The van der Waals surface area contributed by atoms with E-state index in [4.69, 9.17) is 9.47 Å². The van der Waals surface area contributed by atoms with E-state index in [0.29, 0.717) is 13.2 Å². The van der Waals surface area contributed by atoms with Gasteiger partial charge in [-0.05, 0) is 30.5 Å². The molecule has 1 aromatic carbocycles. The molecule has 1 N–H and O–H groups in total. The predicted molar refractivity (Wildman–Crippen MR) is 76.5 cm³/mol. The molecule has 2 rings (SSSR count). The number of rotatable bonds is 7. The summed E-state index contributed by atoms with van der Waals surface area (Å²) in [6.45, 7) is 1.59. The molecule has 1 fully saturated rings. The van der Waals surface area contributed by atoms with Crippen LogP contribution in [-0.2, 0) is 9.53 Å². The van der Waals surface area contributed by atoms with Crippen LogP contribution in [0.3, 0.4) is 0 Å². The first-order valence-corrected chi connectivity index (χ1v) is 7.02. The third-order valence-corrected chi connectivity index (χ3v) is 3.57. The Kier molecular flexibility index (Phi) is 5.52. The van der Waals surface area contributed by atoms with Crippen LogP contribution in [0.5, 0.6) is 5.75 Å². The van der Waals surface area contributed by atoms with Gasteiger partial charge in [0.2, 0.25) is 5.91 Å². The van der Waals surface area contributed by atoms with Crippen LogP contribution in [0.1, 0.15) is 24.6 Å². The molecule has 1 atom stereocenters. The van der Waals surface area contributed by atoms with Crippen LogP contribution in [0.2, 0.25) is 0 Å². The molecule has 5 nitrogen and oxygen atoms in total. The van der Waals surface area contributed by atoms with Crippen molar-refractivity contribution in [3.63, 3.8) is 0 Å². The van der Waals surface area contributed by atoms with Crippen molar-refractivity contribution in [3.05, 3.63) is 29.6 Å². The van der Waals surface area contributed by atoms with E-state index in [9.17, 15) is 9.18 Å². The second kappa shape index (κ2) is 7.38. The average molecular weight is 296 g/mol. The van der Waals surface area contributed by atoms with E-state index in [-0.39, 0.29) is 24.4 Å². The van der Waals surface area contributed by atoms with Gasteiger partial charge in [-0.15, -0.1) is 0 Å². The number of amides is 1. The summed E-state index contributed by atoms with van der Waals surface area (Å²) in [5, 5.41) is 3.12. The molecule has 6 heteroatoms. The third-order valence-electron chi connectivity index (χ3n) is 3.57. The molecule has 116 valence electrons. The van der Waals surface area contributed by atoms with Crippen molar-refractivity contribution in [2.45, 2.75) is 19.0 Å². The van der Waals surface area contributed by atoms with Gasteiger partial charge in [0.05, 0.1) is 13.7 Å². The van der Waals surface area contributed by atoms with Crippen molar-refractivity contribution in [3.8, 4) is 5.75 Å². The summed E-state index contributed by atoms with van der Waals surface area (Å²) in [5.74, 6) is -0.182. The first kappa shape index (κ1) is 15.7.